The average molecular weight is 314 g/mol. The van der Waals surface area contributed by atoms with E-state index in [0.717, 1.165) is 12.0 Å². The number of alkyl halides is 2. The van der Waals surface area contributed by atoms with E-state index in [2.05, 4.69) is 0 Å². The highest BCUT2D eigenvalue weighted by atomic mass is 35.5. The van der Waals surface area contributed by atoms with Crippen molar-refractivity contribution in [3.8, 4) is 0 Å². The normalized spacial score (nSPS) is 32.2. The van der Waals surface area contributed by atoms with Gasteiger partial charge in [0.25, 0.3) is 5.91 Å². The van der Waals surface area contributed by atoms with Crippen molar-refractivity contribution in [2.75, 3.05) is 0 Å². The molecule has 0 aromatic heterocycles. The van der Waals surface area contributed by atoms with Gasteiger partial charge >= 0.3 is 0 Å². The van der Waals surface area contributed by atoms with Gasteiger partial charge in [0.2, 0.25) is 4.33 Å². The van der Waals surface area contributed by atoms with Crippen molar-refractivity contribution < 1.29 is 9.90 Å². The summed E-state index contributed by atoms with van der Waals surface area (Å²) in [5.74, 6) is -0.631. The zero-order valence-electron chi connectivity index (χ0n) is 11.0. The highest BCUT2D eigenvalue weighted by Gasteiger charge is 2.55. The van der Waals surface area contributed by atoms with Crippen molar-refractivity contribution in [3.05, 3.63) is 35.9 Å². The fourth-order valence-corrected chi connectivity index (χ4v) is 3.99. The van der Waals surface area contributed by atoms with E-state index in [4.69, 9.17) is 23.2 Å². The number of aliphatic hydroxyl groups excluding tert-OH is 1. The van der Waals surface area contributed by atoms with Crippen LogP contribution in [-0.4, -0.2) is 32.4 Å². The molecule has 0 spiro atoms. The first-order chi connectivity index (χ1) is 9.50. The zero-order valence-corrected chi connectivity index (χ0v) is 12.5. The molecule has 2 bridgehead atoms. The summed E-state index contributed by atoms with van der Waals surface area (Å²) in [6.07, 6.45) is 1.55. The van der Waals surface area contributed by atoms with Crippen LogP contribution < -0.4 is 0 Å². The van der Waals surface area contributed by atoms with Gasteiger partial charge in [-0.25, -0.2) is 0 Å². The second kappa shape index (κ2) is 5.21. The van der Waals surface area contributed by atoms with Crippen molar-refractivity contribution in [1.29, 1.82) is 0 Å². The van der Waals surface area contributed by atoms with Gasteiger partial charge in [0.1, 0.15) is 0 Å². The molecular weight excluding hydrogens is 297 g/mol. The van der Waals surface area contributed by atoms with Crippen LogP contribution in [-0.2, 0) is 11.3 Å². The predicted octanol–water partition coefficient (Wildman–Crippen LogP) is 2.73. The van der Waals surface area contributed by atoms with Crippen LogP contribution in [0.5, 0.6) is 0 Å². The van der Waals surface area contributed by atoms with Crippen LogP contribution in [0.3, 0.4) is 0 Å². The van der Waals surface area contributed by atoms with E-state index in [9.17, 15) is 9.90 Å². The van der Waals surface area contributed by atoms with E-state index >= 15 is 0 Å². The van der Waals surface area contributed by atoms with Crippen LogP contribution in [0, 0.1) is 5.92 Å². The minimum atomic E-state index is -1.51. The zero-order chi connectivity index (χ0) is 14.3. The fraction of sp³-hybridized carbons (Fsp3) is 0.533. The number of carbonyl (C=O) groups excluding carboxylic acids is 1. The number of likely N-dealkylation sites (tertiary alicyclic amines) is 1. The Hall–Kier alpha value is -0.770. The molecule has 5 heteroatoms. The van der Waals surface area contributed by atoms with Gasteiger partial charge in [-0.1, -0.05) is 53.5 Å². The van der Waals surface area contributed by atoms with Crippen molar-refractivity contribution >= 4 is 29.1 Å². The number of aliphatic hydroxyl groups is 1. The molecule has 0 unspecified atom stereocenters. The first-order valence-corrected chi connectivity index (χ1v) is 7.66. The van der Waals surface area contributed by atoms with Gasteiger partial charge in [0, 0.05) is 18.5 Å². The van der Waals surface area contributed by atoms with Crippen LogP contribution in [0.4, 0.5) is 0 Å². The Morgan fingerprint density at radius 2 is 1.95 bits per heavy atom. The lowest BCUT2D eigenvalue weighted by Crippen LogP contribution is -2.61. The molecule has 1 aliphatic heterocycles. The molecule has 2 aliphatic rings. The molecule has 108 valence electrons. The number of nitrogens with zero attached hydrogens (tertiary/aromatic N) is 1. The standard InChI is InChI=1S/C15H17Cl2NO2/c16-15(17)12-8-11(6-7-13(12)19)18(14(15)20)9-10-4-2-1-3-5-10/h1-5,11-13,19H,6-9H2/t11-,12-,13-/m1/s1. The van der Waals surface area contributed by atoms with Gasteiger partial charge in [-0.05, 0) is 24.8 Å². The molecule has 2 fully saturated rings. The molecule has 1 aromatic rings. The van der Waals surface area contributed by atoms with Crippen molar-refractivity contribution in [1.82, 2.24) is 4.90 Å². The van der Waals surface area contributed by atoms with Crippen molar-refractivity contribution in [3.63, 3.8) is 0 Å². The molecular formula is C15H17Cl2NO2. The molecule has 1 heterocycles. The van der Waals surface area contributed by atoms with Crippen molar-refractivity contribution in [2.45, 2.75) is 42.3 Å². The molecule has 1 saturated heterocycles. The maximum absolute atomic E-state index is 12.6. The third-order valence-corrected chi connectivity index (χ3v) is 5.32. The Morgan fingerprint density at radius 1 is 1.25 bits per heavy atom. The largest absolute Gasteiger partial charge is 0.393 e. The van der Waals surface area contributed by atoms with Gasteiger partial charge in [0.05, 0.1) is 6.10 Å². The number of halogens is 2. The summed E-state index contributed by atoms with van der Waals surface area (Å²) in [6.45, 7) is 0.522. The molecule has 1 saturated carbocycles. The highest BCUT2D eigenvalue weighted by Crippen LogP contribution is 2.47. The number of piperidine rings is 1. The third-order valence-electron chi connectivity index (χ3n) is 4.43. The summed E-state index contributed by atoms with van der Waals surface area (Å²) in [5.41, 5.74) is 1.06. The second-order valence-corrected chi connectivity index (χ2v) is 7.07. The number of hydrogen-bond acceptors (Lipinski definition) is 2. The molecule has 0 radical (unpaired) electrons. The summed E-state index contributed by atoms with van der Waals surface area (Å²) >= 11 is 12.5. The van der Waals surface area contributed by atoms with E-state index in [-0.39, 0.29) is 17.9 Å². The number of hydrogen-bond donors (Lipinski definition) is 1. The Bertz CT molecular complexity index is 506. The Balaban J connectivity index is 1.86. The minimum Gasteiger partial charge on any atom is -0.393 e. The van der Waals surface area contributed by atoms with E-state index in [1.807, 2.05) is 30.3 Å². The molecule has 3 rings (SSSR count). The SMILES string of the molecule is O=C1N(Cc2ccccc2)[C@@H]2CC[C@@H](O)[C@@H](C2)C1(Cl)Cl. The summed E-state index contributed by atoms with van der Waals surface area (Å²) in [5, 5.41) is 10.0. The molecule has 1 N–H and O–H groups in total. The predicted molar refractivity (Wildman–Crippen MR) is 78.6 cm³/mol. The molecule has 1 aromatic carbocycles. The van der Waals surface area contributed by atoms with Gasteiger partial charge in [0.15, 0.2) is 0 Å². The van der Waals surface area contributed by atoms with Crippen molar-refractivity contribution in [2.24, 2.45) is 5.92 Å². The molecule has 3 nitrogen and oxygen atoms in total. The summed E-state index contributed by atoms with van der Waals surface area (Å²) in [4.78, 5) is 14.3. The van der Waals surface area contributed by atoms with Crippen LogP contribution in [0.1, 0.15) is 24.8 Å². The average Bonchev–Trinajstić information content (AvgIpc) is 2.44. The minimum absolute atomic E-state index is 0.127. The maximum atomic E-state index is 12.6. The summed E-state index contributed by atoms with van der Waals surface area (Å²) in [7, 11) is 0. The number of fused-ring (bicyclic) bond motifs is 2. The lowest BCUT2D eigenvalue weighted by molar-refractivity contribution is -0.146. The lowest BCUT2D eigenvalue weighted by Gasteiger charge is -2.50. The van der Waals surface area contributed by atoms with E-state index < -0.39 is 10.4 Å². The van der Waals surface area contributed by atoms with E-state index in [1.165, 1.54) is 0 Å². The van der Waals surface area contributed by atoms with Crippen LogP contribution >= 0.6 is 23.2 Å². The third kappa shape index (κ3) is 2.32. The van der Waals surface area contributed by atoms with Crippen LogP contribution in [0.25, 0.3) is 0 Å². The van der Waals surface area contributed by atoms with Gasteiger partial charge in [-0.2, -0.15) is 0 Å². The summed E-state index contributed by atoms with van der Waals surface area (Å²) < 4.78 is -1.51. The number of carbonyl (C=O) groups is 1. The Labute approximate surface area is 128 Å². The van der Waals surface area contributed by atoms with Crippen LogP contribution in [0.15, 0.2) is 30.3 Å². The summed E-state index contributed by atoms with van der Waals surface area (Å²) in [6, 6.07) is 9.95. The quantitative estimate of drug-likeness (QED) is 0.853. The lowest BCUT2D eigenvalue weighted by atomic mass is 9.76. The molecule has 1 amide bonds. The van der Waals surface area contributed by atoms with Gasteiger partial charge in [-0.15, -0.1) is 0 Å². The van der Waals surface area contributed by atoms with E-state index in [0.29, 0.717) is 19.4 Å². The Morgan fingerprint density at radius 3 is 2.65 bits per heavy atom. The smallest absolute Gasteiger partial charge is 0.259 e. The molecule has 20 heavy (non-hydrogen) atoms. The topological polar surface area (TPSA) is 40.5 Å². The number of benzene rings is 1. The maximum Gasteiger partial charge on any atom is 0.259 e. The number of rotatable bonds is 2. The van der Waals surface area contributed by atoms with Gasteiger partial charge < -0.3 is 10.0 Å². The second-order valence-electron chi connectivity index (χ2n) is 5.68. The number of amides is 1. The van der Waals surface area contributed by atoms with Gasteiger partial charge in [-0.3, -0.25) is 4.79 Å². The molecule has 3 atom stereocenters. The molecule has 1 aliphatic carbocycles. The van der Waals surface area contributed by atoms with E-state index in [1.54, 1.807) is 4.90 Å². The van der Waals surface area contributed by atoms with Crippen LogP contribution in [0.2, 0.25) is 0 Å². The Kier molecular flexibility index (Phi) is 3.69. The monoisotopic (exact) mass is 313 g/mol. The fourth-order valence-electron chi connectivity index (χ4n) is 3.30. The first-order valence-electron chi connectivity index (χ1n) is 6.91. The first kappa shape index (κ1) is 14.2. The highest BCUT2D eigenvalue weighted by molar-refractivity contribution is 6.58.